The van der Waals surface area contributed by atoms with Gasteiger partial charge in [0.05, 0.1) is 0 Å². The fourth-order valence-electron chi connectivity index (χ4n) is 0. The molecule has 0 saturated heterocycles. The van der Waals surface area contributed by atoms with E-state index in [-0.39, 0.29) is 6.42 Å². The van der Waals surface area contributed by atoms with E-state index >= 15 is 0 Å². The maximum atomic E-state index is 9.37. The molecule has 0 radical (unpaired) electrons. The summed E-state index contributed by atoms with van der Waals surface area (Å²) in [5, 5.41) is 8.78. The molecule has 0 aromatic rings. The van der Waals surface area contributed by atoms with E-state index in [4.69, 9.17) is 5.11 Å². The zero-order valence-electron chi connectivity index (χ0n) is 5.15. The zero-order chi connectivity index (χ0) is 6.99. The van der Waals surface area contributed by atoms with Gasteiger partial charge in [-0.2, -0.15) is 0 Å². The van der Waals surface area contributed by atoms with Crippen LogP contribution >= 0.6 is 0 Å². The molecule has 0 fully saturated rings. The Kier molecular flexibility index (Phi) is 13.7. The Morgan fingerprint density at radius 3 is 1.75 bits per heavy atom. The van der Waals surface area contributed by atoms with Crippen molar-refractivity contribution in [1.29, 1.82) is 0 Å². The molecule has 0 unspecified atom stereocenters. The van der Waals surface area contributed by atoms with Gasteiger partial charge in [-0.25, -0.2) is 0 Å². The average Bonchev–Trinajstić information content (AvgIpc) is 1.69. The molecule has 50 valence electrons. The predicted octanol–water partition coefficient (Wildman–Crippen LogP) is 1.45. The first-order valence-electron chi connectivity index (χ1n) is 2.46. The third-order valence-electron chi connectivity index (χ3n) is 0.302. The second-order valence-corrected chi connectivity index (χ2v) is 1.85. The molecule has 0 spiro atoms. The molecule has 0 aliphatic carbocycles. The quantitative estimate of drug-likeness (QED) is 0.586. The molecular weight excluding hydrogens is 147 g/mol. The summed E-state index contributed by atoms with van der Waals surface area (Å²) in [6.45, 7) is 3.64. The third-order valence-corrected chi connectivity index (χ3v) is 0.302. The fraction of sp³-hybridized carbons (Fsp3) is 0.800. The third kappa shape index (κ3) is 37.7. The molecule has 0 aliphatic heterocycles. The van der Waals surface area contributed by atoms with Crippen LogP contribution in [-0.2, 0) is 20.8 Å². The summed E-state index contributed by atoms with van der Waals surface area (Å²) in [6, 6.07) is 0. The van der Waals surface area contributed by atoms with Crippen LogP contribution in [0, 0.1) is 0 Å². The van der Waals surface area contributed by atoms with E-state index in [1.165, 1.54) is 0 Å². The Balaban J connectivity index is 0. The van der Waals surface area contributed by atoms with Crippen LogP contribution in [0.25, 0.3) is 0 Å². The molecule has 0 aromatic carbocycles. The summed E-state index contributed by atoms with van der Waals surface area (Å²) >= 11 is 3.15. The zero-order valence-corrected chi connectivity index (χ0v) is 6.33. The van der Waals surface area contributed by atoms with Crippen molar-refractivity contribution in [2.75, 3.05) is 0 Å². The van der Waals surface area contributed by atoms with Crippen molar-refractivity contribution in [2.24, 2.45) is 0 Å². The minimum absolute atomic E-state index is 0.222. The van der Waals surface area contributed by atoms with Gasteiger partial charge in [0.15, 0.2) is 0 Å². The van der Waals surface area contributed by atoms with Crippen molar-refractivity contribution in [3.8, 4) is 0 Å². The van der Waals surface area contributed by atoms with Gasteiger partial charge in [-0.15, -0.1) is 0 Å². The molecule has 0 aromatic heterocycles. The molecule has 2 nitrogen and oxygen atoms in total. The summed E-state index contributed by atoms with van der Waals surface area (Å²) in [5.41, 5.74) is 0. The van der Waals surface area contributed by atoms with Gasteiger partial charge in [0.25, 0.3) is 0 Å². The van der Waals surface area contributed by atoms with Gasteiger partial charge in [0, 0.05) is 6.42 Å². The first-order chi connectivity index (χ1) is 3.68. The van der Waals surface area contributed by atoms with E-state index < -0.39 is 5.97 Å². The van der Waals surface area contributed by atoms with Crippen LogP contribution in [0.2, 0.25) is 5.32 Å². The molecule has 1 N–H and O–H groups in total. The van der Waals surface area contributed by atoms with Gasteiger partial charge in [0.1, 0.15) is 0 Å². The van der Waals surface area contributed by atoms with Gasteiger partial charge < -0.3 is 5.11 Å². The van der Waals surface area contributed by atoms with Crippen LogP contribution in [0.5, 0.6) is 0 Å². The number of hydrogen-bond donors (Lipinski definition) is 1. The van der Waals surface area contributed by atoms with Crippen LogP contribution in [0.4, 0.5) is 0 Å². The number of carboxylic acid groups (broad SMARTS) is 1. The van der Waals surface area contributed by atoms with Crippen molar-refractivity contribution in [3.63, 3.8) is 0 Å². The first kappa shape index (κ1) is 10.9. The molecule has 0 aliphatic rings. The first-order valence-corrected chi connectivity index (χ1v) is 3.30. The molecule has 0 rings (SSSR count). The molecule has 0 bridgehead atoms. The summed E-state index contributed by atoms with van der Waals surface area (Å²) < 4.78 is 0. The molecule has 3 heteroatoms. The van der Waals surface area contributed by atoms with Crippen molar-refractivity contribution < 1.29 is 25.9 Å². The van der Waals surface area contributed by atoms with Crippen molar-refractivity contribution in [1.82, 2.24) is 0 Å². The van der Waals surface area contributed by atoms with E-state index in [0.29, 0.717) is 0 Å². The van der Waals surface area contributed by atoms with Crippen LogP contribution in [0.3, 0.4) is 0 Å². The number of carbonyl (C=O) groups is 1. The monoisotopic (exact) mass is 158 g/mol. The van der Waals surface area contributed by atoms with Gasteiger partial charge in [-0.1, -0.05) is 6.92 Å². The van der Waals surface area contributed by atoms with Gasteiger partial charge in [-0.3, -0.25) is 4.79 Å². The average molecular weight is 158 g/mol. The maximum absolute atomic E-state index is 9.37. The SMILES string of the molecule is CCC(=O)O.C[CH2][Mn]. The Morgan fingerprint density at radius 2 is 1.75 bits per heavy atom. The number of rotatable bonds is 1. The van der Waals surface area contributed by atoms with Crippen molar-refractivity contribution in [2.45, 2.75) is 25.6 Å². The second kappa shape index (κ2) is 10.1. The summed E-state index contributed by atoms with van der Waals surface area (Å²) in [5.74, 6) is -0.745. The Morgan fingerprint density at radius 1 is 1.62 bits per heavy atom. The Bertz CT molecular complexity index is 54.4. The van der Waals surface area contributed by atoms with Gasteiger partial charge in [-0.05, 0) is 0 Å². The van der Waals surface area contributed by atoms with E-state index in [1.54, 1.807) is 6.92 Å². The number of carboxylic acids is 1. The molecule has 8 heavy (non-hydrogen) atoms. The summed E-state index contributed by atoms with van der Waals surface area (Å²) in [4.78, 5) is 9.37. The van der Waals surface area contributed by atoms with Gasteiger partial charge in [0.2, 0.25) is 0 Å². The summed E-state index contributed by atoms with van der Waals surface area (Å²) in [7, 11) is 0. The topological polar surface area (TPSA) is 37.3 Å². The summed E-state index contributed by atoms with van der Waals surface area (Å²) in [6.07, 6.45) is 0.222. The van der Waals surface area contributed by atoms with E-state index in [2.05, 4.69) is 16.0 Å². The van der Waals surface area contributed by atoms with Crippen LogP contribution in [-0.4, -0.2) is 11.1 Å². The van der Waals surface area contributed by atoms with Crippen LogP contribution < -0.4 is 0 Å². The normalized spacial score (nSPS) is 6.88. The van der Waals surface area contributed by atoms with Crippen LogP contribution in [0.15, 0.2) is 0 Å². The minimum atomic E-state index is -0.745. The van der Waals surface area contributed by atoms with Gasteiger partial charge >= 0.3 is 34.2 Å². The van der Waals surface area contributed by atoms with Crippen molar-refractivity contribution in [3.05, 3.63) is 0 Å². The molecule has 0 atom stereocenters. The standard InChI is InChI=1S/C3H6O2.C2H5.Mn/c1-2-3(4)5;1-2;/h2H2,1H3,(H,4,5);1H2,2H3;. The molecule has 0 amide bonds. The molecular formula is C5H11MnO2. The Hall–Kier alpha value is -0.0105. The number of aliphatic carboxylic acids is 1. The molecule has 0 heterocycles. The van der Waals surface area contributed by atoms with E-state index in [9.17, 15) is 4.79 Å². The van der Waals surface area contributed by atoms with Crippen molar-refractivity contribution >= 4 is 5.97 Å². The predicted molar refractivity (Wildman–Crippen MR) is 28.4 cm³/mol. The fourth-order valence-corrected chi connectivity index (χ4v) is 0. The number of hydrogen-bond acceptors (Lipinski definition) is 1. The van der Waals surface area contributed by atoms with E-state index in [0.717, 1.165) is 5.32 Å². The second-order valence-electron chi connectivity index (χ2n) is 1.01. The Labute approximate surface area is 58.1 Å². The molecule has 0 saturated carbocycles. The van der Waals surface area contributed by atoms with E-state index in [1.807, 2.05) is 6.92 Å². The van der Waals surface area contributed by atoms with Crippen LogP contribution in [0.1, 0.15) is 20.3 Å².